The number of methoxy groups -OCH3 is 1. The normalized spacial score (nSPS) is 24.7. The van der Waals surface area contributed by atoms with Gasteiger partial charge in [0.1, 0.15) is 12.1 Å². The Morgan fingerprint density at radius 1 is 1.35 bits per heavy atom. The Morgan fingerprint density at radius 2 is 2.27 bits per heavy atom. The van der Waals surface area contributed by atoms with Crippen molar-refractivity contribution in [3.8, 4) is 5.88 Å². The van der Waals surface area contributed by atoms with Gasteiger partial charge in [-0.05, 0) is 19.1 Å². The van der Waals surface area contributed by atoms with Gasteiger partial charge in [-0.25, -0.2) is 9.97 Å². The van der Waals surface area contributed by atoms with E-state index < -0.39 is 0 Å². The van der Waals surface area contributed by atoms with Crippen molar-refractivity contribution in [2.24, 2.45) is 11.3 Å². The molecule has 0 bridgehead atoms. The molecule has 0 aliphatic carbocycles. The van der Waals surface area contributed by atoms with Crippen LogP contribution in [0.15, 0.2) is 30.6 Å². The monoisotopic (exact) mass is 356 g/mol. The Balaban J connectivity index is 1.42. The molecule has 0 aromatic carbocycles. The molecule has 0 spiro atoms. The van der Waals surface area contributed by atoms with Crippen LogP contribution in [0.1, 0.15) is 11.4 Å². The average molecular weight is 356 g/mol. The molecule has 2 aromatic heterocycles. The van der Waals surface area contributed by atoms with Crippen LogP contribution < -0.4 is 9.64 Å². The van der Waals surface area contributed by atoms with Crippen molar-refractivity contribution in [2.45, 2.75) is 13.5 Å². The first-order chi connectivity index (χ1) is 12.7. The van der Waals surface area contributed by atoms with Crippen molar-refractivity contribution < 1.29 is 14.2 Å². The standard InChI is InChI=1S/C19H24N4O3/c1-14-4-3-5-16(22-14)9-26-12-19-10-23(7-15(19)8-25-11-19)17-6-18(24-2)21-13-20-17/h3-6,13,15H,7-12H2,1-2H3/t15-,19+/m1/s1. The van der Waals surface area contributed by atoms with Gasteiger partial charge in [0.05, 0.1) is 39.2 Å². The van der Waals surface area contributed by atoms with E-state index in [2.05, 4.69) is 19.9 Å². The van der Waals surface area contributed by atoms with Crippen LogP contribution in [0.5, 0.6) is 5.88 Å². The highest BCUT2D eigenvalue weighted by atomic mass is 16.5. The summed E-state index contributed by atoms with van der Waals surface area (Å²) in [5.41, 5.74) is 1.98. The molecule has 4 heterocycles. The van der Waals surface area contributed by atoms with E-state index in [1.165, 1.54) is 0 Å². The molecule has 0 amide bonds. The van der Waals surface area contributed by atoms with Crippen LogP contribution >= 0.6 is 0 Å². The van der Waals surface area contributed by atoms with Crippen LogP contribution in [0, 0.1) is 18.3 Å². The molecule has 2 fully saturated rings. The lowest BCUT2D eigenvalue weighted by molar-refractivity contribution is 0.0250. The second-order valence-corrected chi connectivity index (χ2v) is 7.14. The summed E-state index contributed by atoms with van der Waals surface area (Å²) >= 11 is 0. The lowest BCUT2D eigenvalue weighted by Gasteiger charge is -2.27. The summed E-state index contributed by atoms with van der Waals surface area (Å²) < 4.78 is 17.1. The largest absolute Gasteiger partial charge is 0.481 e. The predicted octanol–water partition coefficient (Wildman–Crippen LogP) is 1.86. The van der Waals surface area contributed by atoms with Crippen LogP contribution in [0.2, 0.25) is 0 Å². The number of aryl methyl sites for hydroxylation is 1. The summed E-state index contributed by atoms with van der Waals surface area (Å²) in [5, 5.41) is 0. The number of pyridine rings is 1. The lowest BCUT2D eigenvalue weighted by atomic mass is 9.82. The second-order valence-electron chi connectivity index (χ2n) is 7.14. The number of nitrogens with zero attached hydrogens (tertiary/aromatic N) is 4. The fraction of sp³-hybridized carbons (Fsp3) is 0.526. The van der Waals surface area contributed by atoms with Crippen LogP contribution in [0.4, 0.5) is 5.82 Å². The maximum Gasteiger partial charge on any atom is 0.218 e. The molecular weight excluding hydrogens is 332 g/mol. The smallest absolute Gasteiger partial charge is 0.218 e. The number of rotatable bonds is 6. The van der Waals surface area contributed by atoms with E-state index in [1.54, 1.807) is 13.4 Å². The van der Waals surface area contributed by atoms with Gasteiger partial charge < -0.3 is 19.1 Å². The van der Waals surface area contributed by atoms with E-state index in [0.29, 0.717) is 25.0 Å². The molecular formula is C19H24N4O3. The molecule has 26 heavy (non-hydrogen) atoms. The van der Waals surface area contributed by atoms with E-state index in [-0.39, 0.29) is 5.41 Å². The molecule has 2 aromatic rings. The van der Waals surface area contributed by atoms with Crippen LogP contribution in [0.25, 0.3) is 0 Å². The zero-order valence-corrected chi connectivity index (χ0v) is 15.2. The SMILES string of the molecule is COc1cc(N2C[C@@H]3COC[C@]3(COCc3cccc(C)n3)C2)ncn1. The van der Waals surface area contributed by atoms with Crippen molar-refractivity contribution in [3.63, 3.8) is 0 Å². The molecule has 2 aliphatic rings. The third-order valence-electron chi connectivity index (χ3n) is 5.27. The summed E-state index contributed by atoms with van der Waals surface area (Å²) in [6.45, 7) is 6.44. The number of hydrogen-bond donors (Lipinski definition) is 0. The quantitative estimate of drug-likeness (QED) is 0.782. The number of hydrogen-bond acceptors (Lipinski definition) is 7. The van der Waals surface area contributed by atoms with Crippen molar-refractivity contribution in [1.82, 2.24) is 15.0 Å². The van der Waals surface area contributed by atoms with Gasteiger partial charge in [0.2, 0.25) is 5.88 Å². The molecule has 4 rings (SSSR count). The predicted molar refractivity (Wildman–Crippen MR) is 96.2 cm³/mol. The van der Waals surface area contributed by atoms with E-state index in [9.17, 15) is 0 Å². The number of aromatic nitrogens is 3. The molecule has 2 saturated heterocycles. The van der Waals surface area contributed by atoms with Crippen molar-refractivity contribution in [3.05, 3.63) is 42.0 Å². The molecule has 2 aliphatic heterocycles. The summed E-state index contributed by atoms with van der Waals surface area (Å²) in [7, 11) is 1.62. The zero-order chi connectivity index (χ0) is 18.0. The average Bonchev–Trinajstić information content (AvgIpc) is 3.19. The van der Waals surface area contributed by atoms with E-state index in [0.717, 1.165) is 43.5 Å². The minimum Gasteiger partial charge on any atom is -0.481 e. The van der Waals surface area contributed by atoms with Gasteiger partial charge in [-0.1, -0.05) is 6.07 Å². The van der Waals surface area contributed by atoms with Crippen LogP contribution in [-0.2, 0) is 16.1 Å². The molecule has 0 unspecified atom stereocenters. The number of anilines is 1. The third kappa shape index (κ3) is 3.37. The highest BCUT2D eigenvalue weighted by Gasteiger charge is 2.51. The zero-order valence-electron chi connectivity index (χ0n) is 15.2. The van der Waals surface area contributed by atoms with Gasteiger partial charge in [-0.3, -0.25) is 4.98 Å². The molecule has 7 heteroatoms. The molecule has 0 radical (unpaired) electrons. The van der Waals surface area contributed by atoms with E-state index >= 15 is 0 Å². The minimum absolute atomic E-state index is 0.00199. The van der Waals surface area contributed by atoms with Gasteiger partial charge in [-0.15, -0.1) is 0 Å². The third-order valence-corrected chi connectivity index (χ3v) is 5.27. The Hall–Kier alpha value is -2.25. The molecule has 138 valence electrons. The Labute approximate surface area is 153 Å². The summed E-state index contributed by atoms with van der Waals surface area (Å²) in [4.78, 5) is 15.3. The molecule has 2 atom stereocenters. The van der Waals surface area contributed by atoms with Gasteiger partial charge in [0.15, 0.2) is 0 Å². The summed E-state index contributed by atoms with van der Waals surface area (Å²) in [5.74, 6) is 1.92. The van der Waals surface area contributed by atoms with Crippen LogP contribution in [0.3, 0.4) is 0 Å². The van der Waals surface area contributed by atoms with Gasteiger partial charge in [0, 0.05) is 36.2 Å². The molecule has 0 N–H and O–H groups in total. The van der Waals surface area contributed by atoms with E-state index in [4.69, 9.17) is 14.2 Å². The summed E-state index contributed by atoms with van der Waals surface area (Å²) in [6, 6.07) is 7.89. The van der Waals surface area contributed by atoms with Gasteiger partial charge >= 0.3 is 0 Å². The lowest BCUT2D eigenvalue weighted by Crippen LogP contribution is -2.35. The molecule has 0 saturated carbocycles. The molecule has 7 nitrogen and oxygen atoms in total. The number of ether oxygens (including phenoxy) is 3. The Bertz CT molecular complexity index is 772. The van der Waals surface area contributed by atoms with Crippen LogP contribution in [-0.4, -0.2) is 55.0 Å². The minimum atomic E-state index is 0.00199. The second kappa shape index (κ2) is 7.17. The first kappa shape index (κ1) is 17.2. The first-order valence-corrected chi connectivity index (χ1v) is 8.87. The van der Waals surface area contributed by atoms with Crippen molar-refractivity contribution in [2.75, 3.05) is 44.9 Å². The topological polar surface area (TPSA) is 69.6 Å². The maximum absolute atomic E-state index is 6.07. The highest BCUT2D eigenvalue weighted by Crippen LogP contribution is 2.43. The highest BCUT2D eigenvalue weighted by molar-refractivity contribution is 5.43. The van der Waals surface area contributed by atoms with Gasteiger partial charge in [0.25, 0.3) is 0 Å². The van der Waals surface area contributed by atoms with Crippen molar-refractivity contribution in [1.29, 1.82) is 0 Å². The number of fused-ring (bicyclic) bond motifs is 1. The van der Waals surface area contributed by atoms with E-state index in [1.807, 2.05) is 31.2 Å². The van der Waals surface area contributed by atoms with Crippen molar-refractivity contribution >= 4 is 5.82 Å². The summed E-state index contributed by atoms with van der Waals surface area (Å²) in [6.07, 6.45) is 1.55. The van der Waals surface area contributed by atoms with Gasteiger partial charge in [-0.2, -0.15) is 0 Å². The fourth-order valence-corrected chi connectivity index (χ4v) is 3.86. The Morgan fingerprint density at radius 3 is 3.12 bits per heavy atom. The first-order valence-electron chi connectivity index (χ1n) is 8.87. The fourth-order valence-electron chi connectivity index (χ4n) is 3.86. The maximum atomic E-state index is 6.07. The Kier molecular flexibility index (Phi) is 4.74.